The van der Waals surface area contributed by atoms with Crippen molar-refractivity contribution in [1.29, 1.82) is 0 Å². The summed E-state index contributed by atoms with van der Waals surface area (Å²) in [6.45, 7) is 5.16. The largest absolute Gasteiger partial charge is 0.348 e. The molecule has 0 fully saturated rings. The van der Waals surface area contributed by atoms with Gasteiger partial charge in [0.2, 0.25) is 0 Å². The van der Waals surface area contributed by atoms with Crippen LogP contribution >= 0.6 is 0 Å². The van der Waals surface area contributed by atoms with E-state index in [1.165, 1.54) is 67.3 Å². The third-order valence-corrected chi connectivity index (χ3v) is 9.62. The van der Waals surface area contributed by atoms with Crippen LogP contribution in [0, 0.1) is 0 Å². The number of fused-ring (bicyclic) bond motifs is 14. The minimum absolute atomic E-state index is 0.860. The van der Waals surface area contributed by atoms with E-state index in [4.69, 9.17) is 0 Å². The molecule has 3 aliphatic heterocycles. The average Bonchev–Trinajstić information content (AvgIpc) is 3.62. The quantitative estimate of drug-likeness (QED) is 0.197. The molecule has 4 heteroatoms. The number of rotatable bonds is 2. The van der Waals surface area contributed by atoms with Crippen LogP contribution in [0.1, 0.15) is 22.3 Å². The monoisotopic (exact) mass is 596 g/mol. The van der Waals surface area contributed by atoms with Gasteiger partial charge in [0.05, 0.1) is 36.1 Å². The van der Waals surface area contributed by atoms with Gasteiger partial charge in [-0.3, -0.25) is 0 Å². The number of benzene rings is 6. The van der Waals surface area contributed by atoms with Crippen molar-refractivity contribution >= 4 is 22.7 Å². The van der Waals surface area contributed by atoms with Crippen molar-refractivity contribution in [2.24, 2.45) is 0 Å². The number of para-hydroxylation sites is 4. The summed E-state index contributed by atoms with van der Waals surface area (Å²) in [6.07, 6.45) is 0. The maximum Gasteiger partial charge on any atom is 0.0911 e. The van der Waals surface area contributed by atoms with Crippen molar-refractivity contribution in [1.82, 2.24) is 0 Å². The Morgan fingerprint density at radius 1 is 0.283 bits per heavy atom. The van der Waals surface area contributed by atoms with Crippen molar-refractivity contribution in [2.45, 2.75) is 26.2 Å². The van der Waals surface area contributed by atoms with E-state index < -0.39 is 0 Å². The maximum absolute atomic E-state index is 2.55. The van der Waals surface area contributed by atoms with Gasteiger partial charge >= 0.3 is 0 Å². The minimum Gasteiger partial charge on any atom is -0.348 e. The van der Waals surface area contributed by atoms with E-state index in [1.807, 2.05) is 0 Å². The van der Waals surface area contributed by atoms with Gasteiger partial charge in [0.1, 0.15) is 0 Å². The highest BCUT2D eigenvalue weighted by Crippen LogP contribution is 2.41. The molecule has 8 bridgehead atoms. The molecule has 0 saturated heterocycles. The molecule has 0 atom stereocenters. The lowest BCUT2D eigenvalue weighted by Crippen LogP contribution is -2.31. The Bertz CT molecular complexity index is 1790. The molecule has 6 aromatic rings. The predicted octanol–water partition coefficient (Wildman–Crippen LogP) is 9.30. The highest BCUT2D eigenvalue weighted by atomic mass is 15.4. The zero-order valence-electron chi connectivity index (χ0n) is 25.9. The highest BCUT2D eigenvalue weighted by molar-refractivity contribution is 5.78. The summed E-state index contributed by atoms with van der Waals surface area (Å²) >= 11 is 0. The molecule has 0 unspecified atom stereocenters. The average molecular weight is 597 g/mol. The Kier molecular flexibility index (Phi) is 6.52. The van der Waals surface area contributed by atoms with Gasteiger partial charge in [0, 0.05) is 26.2 Å². The van der Waals surface area contributed by atoms with Crippen molar-refractivity contribution in [3.8, 4) is 22.3 Å². The molecule has 0 aromatic heterocycles. The molecule has 0 N–H and O–H groups in total. The van der Waals surface area contributed by atoms with Crippen LogP contribution in [0.3, 0.4) is 0 Å². The van der Waals surface area contributed by atoms with Gasteiger partial charge in [0.15, 0.2) is 0 Å². The lowest BCUT2D eigenvalue weighted by Gasteiger charge is -2.26. The van der Waals surface area contributed by atoms with Crippen LogP contribution < -0.4 is 19.6 Å². The van der Waals surface area contributed by atoms with Gasteiger partial charge < -0.3 is 19.6 Å². The third-order valence-electron chi connectivity index (χ3n) is 9.62. The fourth-order valence-electron chi connectivity index (χ4n) is 7.62. The van der Waals surface area contributed by atoms with Crippen LogP contribution in [0.4, 0.5) is 22.7 Å². The van der Waals surface area contributed by atoms with E-state index in [-0.39, 0.29) is 0 Å². The van der Waals surface area contributed by atoms with Gasteiger partial charge in [-0.1, -0.05) is 97.1 Å². The molecular weight excluding hydrogens is 560 g/mol. The summed E-state index contributed by atoms with van der Waals surface area (Å²) in [5, 5.41) is 0. The molecule has 224 valence electrons. The fourth-order valence-corrected chi connectivity index (χ4v) is 7.62. The second kappa shape index (κ2) is 11.1. The van der Waals surface area contributed by atoms with E-state index in [1.54, 1.807) is 0 Å². The molecule has 0 aliphatic carbocycles. The van der Waals surface area contributed by atoms with Gasteiger partial charge in [0.25, 0.3) is 0 Å². The minimum atomic E-state index is 0.860. The molecule has 3 heterocycles. The van der Waals surface area contributed by atoms with E-state index in [0.29, 0.717) is 0 Å². The van der Waals surface area contributed by atoms with E-state index in [2.05, 4.69) is 165 Å². The van der Waals surface area contributed by atoms with E-state index in [0.717, 1.165) is 39.5 Å². The number of anilines is 4. The van der Waals surface area contributed by atoms with Crippen molar-refractivity contribution in [3.63, 3.8) is 0 Å². The molecule has 4 nitrogen and oxygen atoms in total. The van der Waals surface area contributed by atoms with Crippen LogP contribution in [0.15, 0.2) is 146 Å². The third kappa shape index (κ3) is 4.96. The summed E-state index contributed by atoms with van der Waals surface area (Å²) in [5.74, 6) is 0. The van der Waals surface area contributed by atoms with Gasteiger partial charge in [-0.2, -0.15) is 0 Å². The Hall–Kier alpha value is -5.48. The topological polar surface area (TPSA) is 13.0 Å². The smallest absolute Gasteiger partial charge is 0.0911 e. The first-order chi connectivity index (χ1) is 22.7. The number of hydrogen-bond donors (Lipinski definition) is 0. The van der Waals surface area contributed by atoms with Crippen LogP contribution in [0.2, 0.25) is 0 Å². The summed E-state index contributed by atoms with van der Waals surface area (Å²) in [4.78, 5) is 10.2. The molecule has 9 rings (SSSR count). The first kappa shape index (κ1) is 26.9. The molecule has 3 aliphatic rings. The van der Waals surface area contributed by atoms with Crippen LogP contribution in [0.25, 0.3) is 22.3 Å². The molecule has 0 saturated carbocycles. The second-order valence-corrected chi connectivity index (χ2v) is 12.9. The molecule has 6 aromatic carbocycles. The Morgan fingerprint density at radius 2 is 0.565 bits per heavy atom. The maximum atomic E-state index is 2.55. The first-order valence-corrected chi connectivity index (χ1v) is 16.3. The second-order valence-electron chi connectivity index (χ2n) is 12.9. The van der Waals surface area contributed by atoms with Gasteiger partial charge in [-0.05, 0) is 93.0 Å². The highest BCUT2D eigenvalue weighted by Gasteiger charge is 2.29. The summed E-state index contributed by atoms with van der Waals surface area (Å²) in [7, 11) is 0. The fraction of sp³-hybridized carbons (Fsp3) is 0.143. The van der Waals surface area contributed by atoms with Crippen LogP contribution in [0.5, 0.6) is 0 Å². The number of nitrogens with zero attached hydrogens (tertiary/aromatic N) is 4. The standard InChI is InChI=1S/C42H36N4/c1-3-11-35(12-4-1)37-21-31-19-32(22-37)26-44-30-46(42-18-10-8-16-40(42)44)28-34-20-33(23-38(24-34)36-13-5-2-6-14-36)27-45-29-43(25-31)39-15-7-9-17-41(39)45/h1-24H,25-30H2. The lowest BCUT2D eigenvalue weighted by atomic mass is 9.99. The zero-order chi connectivity index (χ0) is 30.5. The van der Waals surface area contributed by atoms with Crippen LogP contribution in [-0.2, 0) is 26.2 Å². The van der Waals surface area contributed by atoms with Crippen molar-refractivity contribution in [2.75, 3.05) is 32.9 Å². The molecular formula is C42H36N4. The van der Waals surface area contributed by atoms with E-state index in [9.17, 15) is 0 Å². The zero-order valence-corrected chi connectivity index (χ0v) is 25.9. The SMILES string of the molecule is c1ccc(-c2cc3cc(c2)CN2CN(Cc4cc(cc(-c5ccccc5)c4)CN4CN(C3)c3ccccc34)c3ccccc32)cc1. The molecule has 0 amide bonds. The summed E-state index contributed by atoms with van der Waals surface area (Å²) < 4.78 is 0. The predicted molar refractivity (Wildman–Crippen MR) is 191 cm³/mol. The normalized spacial score (nSPS) is 15.1. The number of hydrogen-bond acceptors (Lipinski definition) is 4. The van der Waals surface area contributed by atoms with Gasteiger partial charge in [-0.25, -0.2) is 0 Å². The van der Waals surface area contributed by atoms with E-state index >= 15 is 0 Å². The molecule has 46 heavy (non-hydrogen) atoms. The van der Waals surface area contributed by atoms with Crippen molar-refractivity contribution < 1.29 is 0 Å². The molecule has 0 radical (unpaired) electrons. The summed E-state index contributed by atoms with van der Waals surface area (Å²) in [5.41, 5.74) is 15.7. The van der Waals surface area contributed by atoms with Gasteiger partial charge in [-0.15, -0.1) is 0 Å². The molecule has 0 spiro atoms. The summed E-state index contributed by atoms with van der Waals surface area (Å²) in [6, 6.07) is 54.0. The Balaban J connectivity index is 1.19. The lowest BCUT2D eigenvalue weighted by molar-refractivity contribution is 0.748. The van der Waals surface area contributed by atoms with Crippen LogP contribution in [-0.4, -0.2) is 13.3 Å². The van der Waals surface area contributed by atoms with Crippen molar-refractivity contribution in [3.05, 3.63) is 168 Å². The first-order valence-electron chi connectivity index (χ1n) is 16.3. The Morgan fingerprint density at radius 3 is 0.870 bits per heavy atom. The Labute approximate surface area is 271 Å².